The smallest absolute Gasteiger partial charge is 0.0682 e. The zero-order chi connectivity index (χ0) is 14.8. The van der Waals surface area contributed by atoms with Crippen molar-refractivity contribution in [3.63, 3.8) is 0 Å². The summed E-state index contributed by atoms with van der Waals surface area (Å²) >= 11 is 0. The van der Waals surface area contributed by atoms with Crippen LogP contribution in [0.2, 0.25) is 0 Å². The summed E-state index contributed by atoms with van der Waals surface area (Å²) in [5.74, 6) is 0. The third-order valence-electron chi connectivity index (χ3n) is 2.98. The molecule has 0 unspecified atom stereocenters. The Morgan fingerprint density at radius 1 is 1.30 bits per heavy atom. The summed E-state index contributed by atoms with van der Waals surface area (Å²) in [7, 11) is 1.78. The fourth-order valence-electron chi connectivity index (χ4n) is 1.90. The summed E-state index contributed by atoms with van der Waals surface area (Å²) in [6.45, 7) is 7.09. The van der Waals surface area contributed by atoms with Gasteiger partial charge in [-0.2, -0.15) is 0 Å². The van der Waals surface area contributed by atoms with E-state index in [2.05, 4.69) is 54.5 Å². The first-order chi connectivity index (χ1) is 9.57. The van der Waals surface area contributed by atoms with Crippen LogP contribution in [0.15, 0.2) is 30.3 Å². The predicted octanol–water partition coefficient (Wildman–Crippen LogP) is 3.35. The van der Waals surface area contributed by atoms with Crippen LogP contribution in [-0.2, 0) is 4.84 Å². The Labute approximate surface area is 122 Å². The fourth-order valence-corrected chi connectivity index (χ4v) is 1.90. The predicted molar refractivity (Wildman–Crippen MR) is 86.2 cm³/mol. The quantitative estimate of drug-likeness (QED) is 0.478. The van der Waals surface area contributed by atoms with Gasteiger partial charge in [0.15, 0.2) is 0 Å². The molecule has 0 saturated carbocycles. The number of nitrogens with one attached hydrogen (secondary N) is 3. The second kappa shape index (κ2) is 8.74. The second-order valence-corrected chi connectivity index (χ2v) is 5.42. The van der Waals surface area contributed by atoms with Crippen molar-refractivity contribution >= 4 is 11.8 Å². The van der Waals surface area contributed by atoms with Gasteiger partial charge >= 0.3 is 0 Å². The van der Waals surface area contributed by atoms with E-state index in [-0.39, 0.29) is 5.54 Å². The molecule has 20 heavy (non-hydrogen) atoms. The van der Waals surface area contributed by atoms with E-state index in [1.54, 1.807) is 7.05 Å². The number of hydrogen-bond acceptors (Lipinski definition) is 4. The highest BCUT2D eigenvalue weighted by Crippen LogP contribution is 2.14. The number of benzene rings is 1. The fraction of sp³-hybridized carbons (Fsp3) is 0.500. The van der Waals surface area contributed by atoms with Gasteiger partial charge in [-0.05, 0) is 51.3 Å². The van der Waals surface area contributed by atoms with Crippen LogP contribution in [0, 0.1) is 0 Å². The molecule has 0 aliphatic carbocycles. The number of hydroxylamine groups is 1. The Morgan fingerprint density at radius 3 is 2.80 bits per heavy atom. The molecule has 3 N–H and O–H groups in total. The minimum Gasteiger partial charge on any atom is -0.321 e. The summed E-state index contributed by atoms with van der Waals surface area (Å²) < 4.78 is 0. The maximum absolute atomic E-state index is 5.13. The summed E-state index contributed by atoms with van der Waals surface area (Å²) in [5.41, 5.74) is 11.6. The molecule has 0 radical (unpaired) electrons. The normalized spacial score (nSPS) is 12.0. The standard InChI is InChI=1S/C16H27N3O/c1-5-8-14-9-6-10-15(13-14)18-19-16(2,3)11-7-12-20-17-4/h5-6,8-10,13,17-19H,7,11-12H2,1-4H3/b8-5-. The molecular weight excluding hydrogens is 250 g/mol. The second-order valence-electron chi connectivity index (χ2n) is 5.42. The van der Waals surface area contributed by atoms with Gasteiger partial charge in [-0.25, -0.2) is 10.9 Å². The molecule has 0 aliphatic rings. The van der Waals surface area contributed by atoms with Gasteiger partial charge in [0.1, 0.15) is 0 Å². The summed E-state index contributed by atoms with van der Waals surface area (Å²) in [6, 6.07) is 8.31. The van der Waals surface area contributed by atoms with Crippen LogP contribution in [0.25, 0.3) is 6.08 Å². The molecular formula is C16H27N3O. The van der Waals surface area contributed by atoms with E-state index in [4.69, 9.17) is 4.84 Å². The van der Waals surface area contributed by atoms with Crippen LogP contribution in [-0.4, -0.2) is 19.2 Å². The van der Waals surface area contributed by atoms with Crippen LogP contribution >= 0.6 is 0 Å². The number of rotatable bonds is 9. The summed E-state index contributed by atoms with van der Waals surface area (Å²) in [4.78, 5) is 5.13. The van der Waals surface area contributed by atoms with Gasteiger partial charge in [0, 0.05) is 18.3 Å². The van der Waals surface area contributed by atoms with Gasteiger partial charge in [0.25, 0.3) is 0 Å². The molecule has 0 spiro atoms. The lowest BCUT2D eigenvalue weighted by Crippen LogP contribution is -2.43. The molecule has 0 heterocycles. The summed E-state index contributed by atoms with van der Waals surface area (Å²) in [6.07, 6.45) is 6.15. The molecule has 0 aliphatic heterocycles. The highest BCUT2D eigenvalue weighted by atomic mass is 16.6. The van der Waals surface area contributed by atoms with Crippen molar-refractivity contribution in [2.75, 3.05) is 19.1 Å². The van der Waals surface area contributed by atoms with Crippen molar-refractivity contribution in [1.29, 1.82) is 0 Å². The maximum atomic E-state index is 5.13. The molecule has 4 nitrogen and oxygen atoms in total. The van der Waals surface area contributed by atoms with E-state index in [9.17, 15) is 0 Å². The number of anilines is 1. The van der Waals surface area contributed by atoms with E-state index in [1.807, 2.05) is 19.1 Å². The lowest BCUT2D eigenvalue weighted by molar-refractivity contribution is 0.0522. The van der Waals surface area contributed by atoms with Crippen LogP contribution < -0.4 is 16.3 Å². The van der Waals surface area contributed by atoms with Gasteiger partial charge in [0.2, 0.25) is 0 Å². The number of hydrogen-bond donors (Lipinski definition) is 3. The van der Waals surface area contributed by atoms with Gasteiger partial charge in [-0.1, -0.05) is 24.3 Å². The first-order valence-corrected chi connectivity index (χ1v) is 7.12. The van der Waals surface area contributed by atoms with E-state index >= 15 is 0 Å². The molecule has 0 atom stereocenters. The topological polar surface area (TPSA) is 45.3 Å². The molecule has 0 bridgehead atoms. The molecule has 1 rings (SSSR count). The Kier molecular flexibility index (Phi) is 7.30. The van der Waals surface area contributed by atoms with Gasteiger partial charge < -0.3 is 10.3 Å². The molecule has 4 heteroatoms. The molecule has 1 aromatic rings. The van der Waals surface area contributed by atoms with E-state index in [0.717, 1.165) is 25.1 Å². The van der Waals surface area contributed by atoms with Crippen molar-refractivity contribution in [1.82, 2.24) is 10.9 Å². The Morgan fingerprint density at radius 2 is 2.10 bits per heavy atom. The zero-order valence-corrected chi connectivity index (χ0v) is 13.0. The van der Waals surface area contributed by atoms with E-state index in [0.29, 0.717) is 0 Å². The van der Waals surface area contributed by atoms with Crippen molar-refractivity contribution in [3.8, 4) is 0 Å². The molecule has 0 aromatic heterocycles. The van der Waals surface area contributed by atoms with Crippen LogP contribution in [0.3, 0.4) is 0 Å². The highest BCUT2D eigenvalue weighted by Gasteiger charge is 2.16. The minimum absolute atomic E-state index is 0.00764. The first-order valence-electron chi connectivity index (χ1n) is 7.12. The lowest BCUT2D eigenvalue weighted by Gasteiger charge is -2.27. The molecule has 0 fully saturated rings. The van der Waals surface area contributed by atoms with Crippen LogP contribution in [0.5, 0.6) is 0 Å². The lowest BCUT2D eigenvalue weighted by atomic mass is 10.00. The van der Waals surface area contributed by atoms with Gasteiger partial charge in [-0.15, -0.1) is 0 Å². The van der Waals surface area contributed by atoms with Crippen LogP contribution in [0.4, 0.5) is 5.69 Å². The first kappa shape index (κ1) is 16.7. The SMILES string of the molecule is C/C=C\c1cccc(NNC(C)(C)CCCONC)c1. The third kappa shape index (κ3) is 6.70. The van der Waals surface area contributed by atoms with Crippen molar-refractivity contribution in [2.45, 2.75) is 39.2 Å². The van der Waals surface area contributed by atoms with Crippen molar-refractivity contribution in [2.24, 2.45) is 0 Å². The largest absolute Gasteiger partial charge is 0.321 e. The van der Waals surface area contributed by atoms with E-state index in [1.165, 1.54) is 5.56 Å². The number of allylic oxidation sites excluding steroid dienone is 1. The van der Waals surface area contributed by atoms with Crippen molar-refractivity contribution < 1.29 is 4.84 Å². The Balaban J connectivity index is 2.42. The average Bonchev–Trinajstić information content (AvgIpc) is 2.43. The highest BCUT2D eigenvalue weighted by molar-refractivity contribution is 5.56. The number of hydrazine groups is 1. The van der Waals surface area contributed by atoms with Gasteiger partial charge in [0.05, 0.1) is 6.61 Å². The average molecular weight is 277 g/mol. The zero-order valence-electron chi connectivity index (χ0n) is 13.0. The molecule has 1 aromatic carbocycles. The molecule has 0 amide bonds. The maximum Gasteiger partial charge on any atom is 0.0682 e. The van der Waals surface area contributed by atoms with E-state index < -0.39 is 0 Å². The minimum atomic E-state index is 0.00764. The third-order valence-corrected chi connectivity index (χ3v) is 2.98. The van der Waals surface area contributed by atoms with Gasteiger partial charge in [-0.3, -0.25) is 0 Å². The Hall–Kier alpha value is -1.36. The Bertz CT molecular complexity index is 416. The van der Waals surface area contributed by atoms with Crippen LogP contribution in [0.1, 0.15) is 39.2 Å². The monoisotopic (exact) mass is 277 g/mol. The van der Waals surface area contributed by atoms with Crippen molar-refractivity contribution in [3.05, 3.63) is 35.9 Å². The molecule has 112 valence electrons. The molecule has 0 saturated heterocycles. The summed E-state index contributed by atoms with van der Waals surface area (Å²) in [5, 5.41) is 0.